The van der Waals surface area contributed by atoms with Gasteiger partial charge in [0.05, 0.1) is 11.0 Å². The van der Waals surface area contributed by atoms with Gasteiger partial charge in [-0.25, -0.2) is 8.42 Å². The third-order valence-electron chi connectivity index (χ3n) is 2.17. The number of aliphatic hydroxyl groups is 1. The number of ether oxygens (including phenoxy) is 1. The molecule has 0 unspecified atom stereocenters. The average molecular weight is 244 g/mol. The normalized spacial score (nSPS) is 13.4. The van der Waals surface area contributed by atoms with Crippen LogP contribution in [0.2, 0.25) is 0 Å². The SMILES string of the molecule is CC[C@@H](O)COc1ccc(S(C)(=O)=O)cc1. The van der Waals surface area contributed by atoms with E-state index in [2.05, 4.69) is 0 Å². The average Bonchev–Trinajstić information content (AvgIpc) is 2.25. The monoisotopic (exact) mass is 244 g/mol. The minimum Gasteiger partial charge on any atom is -0.491 e. The van der Waals surface area contributed by atoms with E-state index in [0.717, 1.165) is 6.26 Å². The van der Waals surface area contributed by atoms with Crippen molar-refractivity contribution in [2.24, 2.45) is 0 Å². The van der Waals surface area contributed by atoms with Crippen molar-refractivity contribution in [3.63, 3.8) is 0 Å². The maximum atomic E-state index is 11.2. The quantitative estimate of drug-likeness (QED) is 0.846. The molecule has 90 valence electrons. The van der Waals surface area contributed by atoms with Crippen molar-refractivity contribution in [1.82, 2.24) is 0 Å². The van der Waals surface area contributed by atoms with Gasteiger partial charge in [0, 0.05) is 6.26 Å². The van der Waals surface area contributed by atoms with Crippen LogP contribution in [0.3, 0.4) is 0 Å². The fourth-order valence-electron chi connectivity index (χ4n) is 1.09. The van der Waals surface area contributed by atoms with Crippen LogP contribution in [-0.4, -0.2) is 32.5 Å². The number of sulfone groups is 1. The standard InChI is InChI=1S/C11H16O4S/c1-3-9(12)8-15-10-4-6-11(7-5-10)16(2,13)14/h4-7,9,12H,3,8H2,1-2H3/t9-/m1/s1. The van der Waals surface area contributed by atoms with E-state index in [-0.39, 0.29) is 11.5 Å². The number of benzene rings is 1. The zero-order valence-electron chi connectivity index (χ0n) is 9.38. The Morgan fingerprint density at radius 3 is 2.31 bits per heavy atom. The van der Waals surface area contributed by atoms with Gasteiger partial charge in [-0.15, -0.1) is 0 Å². The van der Waals surface area contributed by atoms with E-state index in [4.69, 9.17) is 4.74 Å². The second-order valence-electron chi connectivity index (χ2n) is 3.62. The third-order valence-corrected chi connectivity index (χ3v) is 3.29. The molecule has 0 saturated heterocycles. The number of aliphatic hydroxyl groups excluding tert-OH is 1. The molecule has 0 radical (unpaired) electrons. The maximum Gasteiger partial charge on any atom is 0.175 e. The Labute approximate surface area is 95.8 Å². The van der Waals surface area contributed by atoms with Crippen molar-refractivity contribution in [3.05, 3.63) is 24.3 Å². The number of hydrogen-bond acceptors (Lipinski definition) is 4. The highest BCUT2D eigenvalue weighted by Gasteiger charge is 2.07. The minimum absolute atomic E-state index is 0.217. The predicted molar refractivity (Wildman–Crippen MR) is 61.3 cm³/mol. The van der Waals surface area contributed by atoms with Crippen molar-refractivity contribution in [3.8, 4) is 5.75 Å². The Hall–Kier alpha value is -1.07. The van der Waals surface area contributed by atoms with Gasteiger partial charge in [-0.3, -0.25) is 0 Å². The summed E-state index contributed by atoms with van der Waals surface area (Å²) in [6, 6.07) is 6.14. The van der Waals surface area contributed by atoms with Gasteiger partial charge in [-0.2, -0.15) is 0 Å². The maximum absolute atomic E-state index is 11.2. The zero-order valence-corrected chi connectivity index (χ0v) is 10.2. The molecule has 1 rings (SSSR count). The second-order valence-corrected chi connectivity index (χ2v) is 5.63. The Balaban J connectivity index is 2.66. The van der Waals surface area contributed by atoms with Gasteiger partial charge in [0.25, 0.3) is 0 Å². The summed E-state index contributed by atoms with van der Waals surface area (Å²) in [6.07, 6.45) is 1.29. The molecule has 0 fully saturated rings. The molecule has 0 saturated carbocycles. The topological polar surface area (TPSA) is 63.6 Å². The van der Waals surface area contributed by atoms with Gasteiger partial charge in [-0.1, -0.05) is 6.92 Å². The zero-order chi connectivity index (χ0) is 12.2. The number of rotatable bonds is 5. The van der Waals surface area contributed by atoms with Gasteiger partial charge in [0.2, 0.25) is 0 Å². The molecule has 0 aliphatic rings. The molecule has 0 aromatic heterocycles. The van der Waals surface area contributed by atoms with E-state index in [1.54, 1.807) is 12.1 Å². The van der Waals surface area contributed by atoms with Crippen molar-refractivity contribution in [1.29, 1.82) is 0 Å². The van der Waals surface area contributed by atoms with E-state index in [1.165, 1.54) is 12.1 Å². The first-order chi connectivity index (χ1) is 7.43. The lowest BCUT2D eigenvalue weighted by atomic mass is 10.3. The first kappa shape index (κ1) is 13.0. The summed E-state index contributed by atoms with van der Waals surface area (Å²) in [4.78, 5) is 0.260. The van der Waals surface area contributed by atoms with E-state index in [9.17, 15) is 13.5 Å². The van der Waals surface area contributed by atoms with E-state index in [1.807, 2.05) is 6.92 Å². The second kappa shape index (κ2) is 5.32. The molecule has 0 amide bonds. The van der Waals surface area contributed by atoms with Gasteiger partial charge < -0.3 is 9.84 Å². The lowest BCUT2D eigenvalue weighted by Crippen LogP contribution is -2.15. The lowest BCUT2D eigenvalue weighted by molar-refractivity contribution is 0.104. The molecular weight excluding hydrogens is 228 g/mol. The Bertz CT molecular complexity index is 422. The third kappa shape index (κ3) is 3.83. The van der Waals surface area contributed by atoms with Crippen LogP contribution in [0.15, 0.2) is 29.2 Å². The summed E-state index contributed by atoms with van der Waals surface area (Å²) in [5.74, 6) is 0.555. The predicted octanol–water partition coefficient (Wildman–Crippen LogP) is 1.24. The molecule has 1 aromatic carbocycles. The molecule has 4 nitrogen and oxygen atoms in total. The van der Waals surface area contributed by atoms with Crippen LogP contribution < -0.4 is 4.74 Å². The first-order valence-corrected chi connectivity index (χ1v) is 6.93. The Morgan fingerprint density at radius 1 is 1.31 bits per heavy atom. The molecule has 0 aliphatic carbocycles. The first-order valence-electron chi connectivity index (χ1n) is 5.04. The highest BCUT2D eigenvalue weighted by molar-refractivity contribution is 7.90. The summed E-state index contributed by atoms with van der Waals surface area (Å²) in [5, 5.41) is 9.28. The van der Waals surface area contributed by atoms with Crippen LogP contribution in [0, 0.1) is 0 Å². The molecule has 1 N–H and O–H groups in total. The smallest absolute Gasteiger partial charge is 0.175 e. The summed E-state index contributed by atoms with van der Waals surface area (Å²) >= 11 is 0. The molecule has 1 aromatic rings. The van der Waals surface area contributed by atoms with Crippen LogP contribution in [-0.2, 0) is 9.84 Å². The highest BCUT2D eigenvalue weighted by atomic mass is 32.2. The van der Waals surface area contributed by atoms with Gasteiger partial charge in [-0.05, 0) is 30.7 Å². The Kier molecular flexibility index (Phi) is 4.32. The molecule has 16 heavy (non-hydrogen) atoms. The summed E-state index contributed by atoms with van der Waals surface area (Å²) in [5.41, 5.74) is 0. The molecule has 1 atom stereocenters. The summed E-state index contributed by atoms with van der Waals surface area (Å²) in [6.45, 7) is 2.08. The summed E-state index contributed by atoms with van der Waals surface area (Å²) in [7, 11) is -3.16. The number of hydrogen-bond donors (Lipinski definition) is 1. The van der Waals surface area contributed by atoms with Gasteiger partial charge in [0.15, 0.2) is 9.84 Å². The van der Waals surface area contributed by atoms with Crippen molar-refractivity contribution in [2.75, 3.05) is 12.9 Å². The van der Waals surface area contributed by atoms with Crippen LogP contribution >= 0.6 is 0 Å². The van der Waals surface area contributed by atoms with Gasteiger partial charge in [0.1, 0.15) is 12.4 Å². The van der Waals surface area contributed by atoms with Crippen molar-refractivity contribution < 1.29 is 18.3 Å². The highest BCUT2D eigenvalue weighted by Crippen LogP contribution is 2.16. The summed E-state index contributed by atoms with van der Waals surface area (Å²) < 4.78 is 27.6. The largest absolute Gasteiger partial charge is 0.491 e. The Morgan fingerprint density at radius 2 is 1.88 bits per heavy atom. The molecule has 5 heteroatoms. The fraction of sp³-hybridized carbons (Fsp3) is 0.455. The van der Waals surface area contributed by atoms with Crippen LogP contribution in [0.1, 0.15) is 13.3 Å². The molecule has 0 aliphatic heterocycles. The van der Waals surface area contributed by atoms with E-state index in [0.29, 0.717) is 12.2 Å². The van der Waals surface area contributed by atoms with Crippen molar-refractivity contribution in [2.45, 2.75) is 24.3 Å². The molecule has 0 heterocycles. The van der Waals surface area contributed by atoms with Crippen LogP contribution in [0.4, 0.5) is 0 Å². The van der Waals surface area contributed by atoms with Crippen LogP contribution in [0.5, 0.6) is 5.75 Å². The van der Waals surface area contributed by atoms with Crippen molar-refractivity contribution >= 4 is 9.84 Å². The van der Waals surface area contributed by atoms with E-state index >= 15 is 0 Å². The molecule has 0 bridgehead atoms. The fourth-order valence-corrected chi connectivity index (χ4v) is 1.72. The van der Waals surface area contributed by atoms with Gasteiger partial charge >= 0.3 is 0 Å². The molecule has 0 spiro atoms. The molecular formula is C11H16O4S. The lowest BCUT2D eigenvalue weighted by Gasteiger charge is -2.10. The van der Waals surface area contributed by atoms with Crippen LogP contribution in [0.25, 0.3) is 0 Å². The minimum atomic E-state index is -3.16. The van der Waals surface area contributed by atoms with E-state index < -0.39 is 15.9 Å².